The molecule has 1 aliphatic carbocycles. The second-order valence-electron chi connectivity index (χ2n) is 4.82. The molecule has 2 rings (SSSR count). The third-order valence-corrected chi connectivity index (χ3v) is 3.03. The lowest BCUT2D eigenvalue weighted by atomic mass is 10.1. The van der Waals surface area contributed by atoms with Gasteiger partial charge in [0, 0.05) is 6.54 Å². The number of nitrogens with two attached hydrogens (primary N) is 1. The Labute approximate surface area is 97.2 Å². The van der Waals surface area contributed by atoms with Crippen LogP contribution in [0.5, 0.6) is 0 Å². The highest BCUT2D eigenvalue weighted by Crippen LogP contribution is 2.45. The molecule has 3 nitrogen and oxygen atoms in total. The molecule has 1 aliphatic rings. The summed E-state index contributed by atoms with van der Waals surface area (Å²) >= 11 is 0. The summed E-state index contributed by atoms with van der Waals surface area (Å²) < 4.78 is 37.4. The molecule has 3 N–H and O–H groups in total. The van der Waals surface area contributed by atoms with E-state index in [1.807, 2.05) is 0 Å². The molecule has 1 fully saturated rings. The van der Waals surface area contributed by atoms with Crippen molar-refractivity contribution in [1.82, 2.24) is 4.98 Å². The number of aromatic nitrogens is 1. The van der Waals surface area contributed by atoms with Gasteiger partial charge < -0.3 is 11.1 Å². The first-order chi connectivity index (χ1) is 7.80. The van der Waals surface area contributed by atoms with Crippen molar-refractivity contribution in [2.75, 3.05) is 17.6 Å². The van der Waals surface area contributed by atoms with Gasteiger partial charge in [0.1, 0.15) is 5.69 Å². The van der Waals surface area contributed by atoms with Gasteiger partial charge in [-0.3, -0.25) is 0 Å². The van der Waals surface area contributed by atoms with Crippen LogP contribution in [0, 0.1) is 5.41 Å². The Kier molecular flexibility index (Phi) is 2.67. The number of halogens is 3. The van der Waals surface area contributed by atoms with E-state index < -0.39 is 11.9 Å². The van der Waals surface area contributed by atoms with E-state index in [0.717, 1.165) is 25.1 Å². The molecule has 6 heteroatoms. The Morgan fingerprint density at radius 2 is 2.12 bits per heavy atom. The standard InChI is InChI=1S/C11H14F3N3/c1-10(2-3-10)6-17-8-4-9(11(12,13)14)16-5-7(8)15/h4-5H,2-3,6,15H2,1H3,(H,16,17). The lowest BCUT2D eigenvalue weighted by molar-refractivity contribution is -0.141. The Hall–Kier alpha value is -1.46. The number of hydrogen-bond acceptors (Lipinski definition) is 3. The number of nitrogens with one attached hydrogen (secondary N) is 1. The van der Waals surface area contributed by atoms with Crippen molar-refractivity contribution in [3.05, 3.63) is 18.0 Å². The number of rotatable bonds is 3. The molecule has 0 saturated heterocycles. The molecule has 0 unspecified atom stereocenters. The molecule has 0 amide bonds. The summed E-state index contributed by atoms with van der Waals surface area (Å²) in [5.74, 6) is 0. The monoisotopic (exact) mass is 245 g/mol. The lowest BCUT2D eigenvalue weighted by Crippen LogP contribution is -2.15. The van der Waals surface area contributed by atoms with Crippen molar-refractivity contribution in [2.24, 2.45) is 5.41 Å². The molecule has 1 aromatic heterocycles. The molecule has 0 aliphatic heterocycles. The summed E-state index contributed by atoms with van der Waals surface area (Å²) in [6, 6.07) is 0.959. The Morgan fingerprint density at radius 1 is 1.47 bits per heavy atom. The average molecular weight is 245 g/mol. The van der Waals surface area contributed by atoms with Crippen LogP contribution in [0.1, 0.15) is 25.5 Å². The van der Waals surface area contributed by atoms with Gasteiger partial charge in [0.05, 0.1) is 17.6 Å². The van der Waals surface area contributed by atoms with Gasteiger partial charge in [0.2, 0.25) is 0 Å². The van der Waals surface area contributed by atoms with Crippen molar-refractivity contribution >= 4 is 11.4 Å². The zero-order valence-corrected chi connectivity index (χ0v) is 9.43. The van der Waals surface area contributed by atoms with E-state index >= 15 is 0 Å². The van der Waals surface area contributed by atoms with Gasteiger partial charge >= 0.3 is 6.18 Å². The minimum absolute atomic E-state index is 0.202. The number of nitrogens with zero attached hydrogens (tertiary/aromatic N) is 1. The quantitative estimate of drug-likeness (QED) is 0.860. The third kappa shape index (κ3) is 2.81. The van der Waals surface area contributed by atoms with Crippen molar-refractivity contribution in [3.8, 4) is 0 Å². The van der Waals surface area contributed by atoms with Gasteiger partial charge in [0.25, 0.3) is 0 Å². The summed E-state index contributed by atoms with van der Waals surface area (Å²) in [4.78, 5) is 3.28. The molecule has 0 aromatic carbocycles. The number of nitrogen functional groups attached to an aromatic ring is 1. The molecule has 1 heterocycles. The van der Waals surface area contributed by atoms with Crippen LogP contribution in [0.3, 0.4) is 0 Å². The molecule has 1 saturated carbocycles. The van der Waals surface area contributed by atoms with Crippen LogP contribution in [-0.4, -0.2) is 11.5 Å². The zero-order chi connectivity index (χ0) is 12.7. The first-order valence-electron chi connectivity index (χ1n) is 5.37. The van der Waals surface area contributed by atoms with Crippen molar-refractivity contribution in [2.45, 2.75) is 25.9 Å². The molecular weight excluding hydrogens is 231 g/mol. The molecular formula is C11H14F3N3. The Balaban J connectivity index is 2.14. The summed E-state index contributed by atoms with van der Waals surface area (Å²) in [6.45, 7) is 2.72. The molecule has 0 atom stereocenters. The predicted octanol–water partition coefficient (Wildman–Crippen LogP) is 2.89. The summed E-state index contributed by atoms with van der Waals surface area (Å²) in [6.07, 6.45) is -1.21. The highest BCUT2D eigenvalue weighted by molar-refractivity contribution is 5.65. The molecule has 0 radical (unpaired) electrons. The smallest absolute Gasteiger partial charge is 0.396 e. The van der Waals surface area contributed by atoms with Gasteiger partial charge in [-0.2, -0.15) is 13.2 Å². The van der Waals surface area contributed by atoms with E-state index in [4.69, 9.17) is 5.73 Å². The minimum atomic E-state index is -4.44. The van der Waals surface area contributed by atoms with E-state index in [2.05, 4.69) is 17.2 Å². The Morgan fingerprint density at radius 3 is 2.65 bits per heavy atom. The second-order valence-corrected chi connectivity index (χ2v) is 4.82. The second kappa shape index (κ2) is 3.78. The fraction of sp³-hybridized carbons (Fsp3) is 0.545. The van der Waals surface area contributed by atoms with Crippen LogP contribution in [-0.2, 0) is 6.18 Å². The third-order valence-electron chi connectivity index (χ3n) is 3.03. The van der Waals surface area contributed by atoms with Crippen molar-refractivity contribution < 1.29 is 13.2 Å². The van der Waals surface area contributed by atoms with Crippen LogP contribution in [0.15, 0.2) is 12.3 Å². The zero-order valence-electron chi connectivity index (χ0n) is 9.43. The molecule has 17 heavy (non-hydrogen) atoms. The number of anilines is 2. The topological polar surface area (TPSA) is 50.9 Å². The molecule has 0 bridgehead atoms. The van der Waals surface area contributed by atoms with Gasteiger partial charge in [0.15, 0.2) is 0 Å². The van der Waals surface area contributed by atoms with E-state index in [9.17, 15) is 13.2 Å². The fourth-order valence-electron chi connectivity index (χ4n) is 1.47. The maximum atomic E-state index is 12.5. The first kappa shape index (κ1) is 12.0. The molecule has 0 spiro atoms. The van der Waals surface area contributed by atoms with Crippen LogP contribution in [0.25, 0.3) is 0 Å². The molecule has 1 aromatic rings. The first-order valence-corrected chi connectivity index (χ1v) is 5.37. The van der Waals surface area contributed by atoms with Crippen LogP contribution in [0.2, 0.25) is 0 Å². The minimum Gasteiger partial charge on any atom is -0.396 e. The lowest BCUT2D eigenvalue weighted by Gasteiger charge is -2.14. The number of pyridine rings is 1. The maximum absolute atomic E-state index is 12.5. The van der Waals surface area contributed by atoms with E-state index in [1.165, 1.54) is 0 Å². The SMILES string of the molecule is CC1(CNc2cc(C(F)(F)F)ncc2N)CC1. The summed E-state index contributed by atoms with van der Waals surface area (Å²) in [5.41, 5.74) is 5.42. The Bertz CT molecular complexity index is 424. The van der Waals surface area contributed by atoms with Gasteiger partial charge in [-0.1, -0.05) is 6.92 Å². The van der Waals surface area contributed by atoms with Crippen LogP contribution < -0.4 is 11.1 Å². The number of hydrogen-bond donors (Lipinski definition) is 2. The summed E-state index contributed by atoms with van der Waals surface area (Å²) in [7, 11) is 0. The van der Waals surface area contributed by atoms with E-state index in [0.29, 0.717) is 12.2 Å². The summed E-state index contributed by atoms with van der Waals surface area (Å²) in [5, 5.41) is 2.96. The van der Waals surface area contributed by atoms with Crippen LogP contribution >= 0.6 is 0 Å². The van der Waals surface area contributed by atoms with Gasteiger partial charge in [-0.15, -0.1) is 0 Å². The maximum Gasteiger partial charge on any atom is 0.433 e. The van der Waals surface area contributed by atoms with E-state index in [1.54, 1.807) is 0 Å². The van der Waals surface area contributed by atoms with Crippen molar-refractivity contribution in [1.29, 1.82) is 0 Å². The highest BCUT2D eigenvalue weighted by Gasteiger charge is 2.37. The van der Waals surface area contributed by atoms with Crippen LogP contribution in [0.4, 0.5) is 24.5 Å². The van der Waals surface area contributed by atoms with Gasteiger partial charge in [-0.05, 0) is 24.3 Å². The van der Waals surface area contributed by atoms with E-state index in [-0.39, 0.29) is 11.1 Å². The molecule has 94 valence electrons. The number of alkyl halides is 3. The van der Waals surface area contributed by atoms with Crippen molar-refractivity contribution in [3.63, 3.8) is 0 Å². The highest BCUT2D eigenvalue weighted by atomic mass is 19.4. The average Bonchev–Trinajstić information content (AvgIpc) is 2.94. The predicted molar refractivity (Wildman–Crippen MR) is 59.5 cm³/mol. The fourth-order valence-corrected chi connectivity index (χ4v) is 1.47. The largest absolute Gasteiger partial charge is 0.433 e. The normalized spacial score (nSPS) is 17.9. The van der Waals surface area contributed by atoms with Gasteiger partial charge in [-0.25, -0.2) is 4.98 Å².